The number of nitrogens with zero attached hydrogens (tertiary/aromatic N) is 4. The zero-order chi connectivity index (χ0) is 43.1. The van der Waals surface area contributed by atoms with E-state index in [-0.39, 0.29) is 0 Å². The van der Waals surface area contributed by atoms with Crippen molar-refractivity contribution in [3.63, 3.8) is 0 Å². The Hall–Kier alpha value is -8.80. The van der Waals surface area contributed by atoms with Gasteiger partial charge in [-0.15, -0.1) is 0 Å². The van der Waals surface area contributed by atoms with Gasteiger partial charge in [-0.05, 0) is 121 Å². The molecule has 0 N–H and O–H groups in total. The minimum absolute atomic E-state index is 0.788. The largest absolute Gasteiger partial charge is 0.454 e. The molecule has 0 saturated carbocycles. The maximum Gasteiger partial charge on any atom is 0.161 e. The lowest BCUT2D eigenvalue weighted by molar-refractivity contribution is 0.669. The molecule has 10 aromatic carbocycles. The van der Waals surface area contributed by atoms with Crippen molar-refractivity contribution in [2.75, 3.05) is 14.7 Å². The summed E-state index contributed by atoms with van der Waals surface area (Å²) in [6.07, 6.45) is 0. The monoisotopic (exact) mass is 834 g/mol. The molecule has 5 nitrogen and oxygen atoms in total. The van der Waals surface area contributed by atoms with Crippen LogP contribution in [0.4, 0.5) is 51.2 Å². The van der Waals surface area contributed by atoms with Crippen LogP contribution in [0.2, 0.25) is 0 Å². The maximum absolute atomic E-state index is 7.31. The Balaban J connectivity index is 1.10. The van der Waals surface area contributed by atoms with E-state index in [4.69, 9.17) is 4.42 Å². The van der Waals surface area contributed by atoms with E-state index < -0.39 is 0 Å². The molecule has 308 valence electrons. The molecule has 0 unspecified atom stereocenters. The molecule has 0 aliphatic carbocycles. The average Bonchev–Trinajstić information content (AvgIpc) is 3.93. The zero-order valence-corrected chi connectivity index (χ0v) is 35.4. The maximum atomic E-state index is 7.31. The van der Waals surface area contributed by atoms with Crippen molar-refractivity contribution in [2.24, 2.45) is 0 Å². The van der Waals surface area contributed by atoms with E-state index in [0.717, 1.165) is 84.3 Å². The van der Waals surface area contributed by atoms with Crippen LogP contribution >= 0.6 is 0 Å². The standard InChI is InChI=1S/C60H42N4O/c1-7-21-43(22-8-1)61(49-36-38-55-53(41-49)51-33-19-20-34-54(51)64(55)48-31-17-6-18-32-48)50-35-37-52-58(42-50)65-60-57(63(46-27-13-4-14-28-46)47-29-15-5-16-30-47)40-39-56(59(52)60)62(44-23-9-2-10-24-44)45-25-11-3-12-26-45/h1-42H. The summed E-state index contributed by atoms with van der Waals surface area (Å²) < 4.78 is 9.67. The Morgan fingerprint density at radius 2 is 0.723 bits per heavy atom. The SMILES string of the molecule is c1ccc(N(c2ccc3c(c2)oc2c(N(c4ccccc4)c4ccccc4)ccc(N(c4ccccc4)c4ccccc4)c23)c2ccc3c(c2)c2ccccc2n3-c2ccccc2)cc1. The number of hydrogen-bond donors (Lipinski definition) is 0. The summed E-state index contributed by atoms with van der Waals surface area (Å²) in [5, 5.41) is 4.44. The molecule has 0 aliphatic rings. The lowest BCUT2D eigenvalue weighted by Gasteiger charge is -2.29. The first kappa shape index (κ1) is 37.9. The zero-order valence-electron chi connectivity index (χ0n) is 35.4. The second-order valence-corrected chi connectivity index (χ2v) is 16.2. The number of fused-ring (bicyclic) bond motifs is 6. The Kier molecular flexibility index (Phi) is 9.42. The van der Waals surface area contributed by atoms with Gasteiger partial charge in [0.1, 0.15) is 5.58 Å². The van der Waals surface area contributed by atoms with Crippen LogP contribution in [-0.2, 0) is 0 Å². The normalized spacial score (nSPS) is 11.4. The Morgan fingerprint density at radius 3 is 1.29 bits per heavy atom. The smallest absolute Gasteiger partial charge is 0.161 e. The van der Waals surface area contributed by atoms with Gasteiger partial charge in [0.05, 0.1) is 27.8 Å². The topological polar surface area (TPSA) is 27.8 Å². The molecule has 0 spiro atoms. The van der Waals surface area contributed by atoms with Gasteiger partial charge in [-0.25, -0.2) is 0 Å². The minimum Gasteiger partial charge on any atom is -0.454 e. The van der Waals surface area contributed by atoms with Crippen LogP contribution in [-0.4, -0.2) is 4.57 Å². The van der Waals surface area contributed by atoms with E-state index >= 15 is 0 Å². The number of benzene rings is 10. The number of hydrogen-bond acceptors (Lipinski definition) is 4. The number of aromatic nitrogens is 1. The molecule has 5 heteroatoms. The molecule has 0 bridgehead atoms. The molecule has 12 aromatic rings. The van der Waals surface area contributed by atoms with E-state index in [0.29, 0.717) is 0 Å². The van der Waals surface area contributed by atoms with Gasteiger partial charge in [0.15, 0.2) is 5.58 Å². The van der Waals surface area contributed by atoms with Gasteiger partial charge in [0.2, 0.25) is 0 Å². The lowest BCUT2D eigenvalue weighted by Crippen LogP contribution is -2.12. The third-order valence-electron chi connectivity index (χ3n) is 12.3. The van der Waals surface area contributed by atoms with E-state index in [9.17, 15) is 0 Å². The van der Waals surface area contributed by atoms with Crippen LogP contribution in [0.15, 0.2) is 259 Å². The molecule has 0 fully saturated rings. The van der Waals surface area contributed by atoms with E-state index in [1.165, 1.54) is 16.3 Å². The van der Waals surface area contributed by atoms with E-state index in [1.807, 2.05) is 0 Å². The first-order chi connectivity index (χ1) is 32.3. The second-order valence-electron chi connectivity index (χ2n) is 16.2. The Bertz CT molecular complexity index is 3510. The Morgan fingerprint density at radius 1 is 0.292 bits per heavy atom. The van der Waals surface area contributed by atoms with Gasteiger partial charge in [-0.1, -0.05) is 127 Å². The number of anilines is 9. The van der Waals surface area contributed by atoms with E-state index in [1.54, 1.807) is 0 Å². The molecule has 65 heavy (non-hydrogen) atoms. The molecule has 12 rings (SSSR count). The van der Waals surface area contributed by atoms with Crippen molar-refractivity contribution >= 4 is 94.9 Å². The van der Waals surface area contributed by atoms with Crippen LogP contribution in [0.5, 0.6) is 0 Å². The fourth-order valence-electron chi connectivity index (χ4n) is 9.48. The first-order valence-electron chi connectivity index (χ1n) is 22.0. The van der Waals surface area contributed by atoms with Crippen LogP contribution in [0, 0.1) is 0 Å². The predicted molar refractivity (Wildman–Crippen MR) is 272 cm³/mol. The highest BCUT2D eigenvalue weighted by Gasteiger charge is 2.26. The summed E-state index contributed by atoms with van der Waals surface area (Å²) in [5.74, 6) is 0. The van der Waals surface area contributed by atoms with Gasteiger partial charge in [0, 0.05) is 67.7 Å². The Labute approximate surface area is 377 Å². The van der Waals surface area contributed by atoms with Crippen LogP contribution in [0.25, 0.3) is 49.4 Å². The quantitative estimate of drug-likeness (QED) is 0.137. The predicted octanol–water partition coefficient (Wildman–Crippen LogP) is 17.1. The highest BCUT2D eigenvalue weighted by molar-refractivity contribution is 6.18. The third-order valence-corrected chi connectivity index (χ3v) is 12.3. The third kappa shape index (κ3) is 6.66. The van der Waals surface area contributed by atoms with Crippen molar-refractivity contribution in [3.8, 4) is 5.69 Å². The van der Waals surface area contributed by atoms with Crippen LogP contribution < -0.4 is 14.7 Å². The molecule has 2 aromatic heterocycles. The van der Waals surface area contributed by atoms with Crippen molar-refractivity contribution in [2.45, 2.75) is 0 Å². The van der Waals surface area contributed by atoms with Gasteiger partial charge in [-0.3, -0.25) is 0 Å². The number of rotatable bonds is 10. The van der Waals surface area contributed by atoms with E-state index in [2.05, 4.69) is 274 Å². The summed E-state index contributed by atoms with van der Waals surface area (Å²) in [7, 11) is 0. The molecule has 0 radical (unpaired) electrons. The summed E-state index contributed by atoms with van der Waals surface area (Å²) in [5.41, 5.74) is 14.3. The molecular formula is C60H42N4O. The number of para-hydroxylation sites is 7. The first-order valence-corrected chi connectivity index (χ1v) is 22.0. The van der Waals surface area contributed by atoms with Crippen molar-refractivity contribution < 1.29 is 4.42 Å². The molecule has 0 amide bonds. The van der Waals surface area contributed by atoms with Crippen LogP contribution in [0.1, 0.15) is 0 Å². The summed E-state index contributed by atoms with van der Waals surface area (Å²) >= 11 is 0. The molecule has 0 aliphatic heterocycles. The summed E-state index contributed by atoms with van der Waals surface area (Å²) in [6.45, 7) is 0. The van der Waals surface area contributed by atoms with Gasteiger partial charge in [-0.2, -0.15) is 0 Å². The second kappa shape index (κ2) is 16.2. The lowest BCUT2D eigenvalue weighted by atomic mass is 10.0. The summed E-state index contributed by atoms with van der Waals surface area (Å²) in [4.78, 5) is 6.97. The van der Waals surface area contributed by atoms with Crippen molar-refractivity contribution in [1.82, 2.24) is 4.57 Å². The highest BCUT2D eigenvalue weighted by Crippen LogP contribution is 2.50. The van der Waals surface area contributed by atoms with Crippen molar-refractivity contribution in [1.29, 1.82) is 0 Å². The highest BCUT2D eigenvalue weighted by atomic mass is 16.3. The fraction of sp³-hybridized carbons (Fsp3) is 0. The van der Waals surface area contributed by atoms with Gasteiger partial charge >= 0.3 is 0 Å². The molecule has 0 atom stereocenters. The summed E-state index contributed by atoms with van der Waals surface area (Å²) in [6, 6.07) is 90.1. The van der Waals surface area contributed by atoms with Gasteiger partial charge < -0.3 is 23.7 Å². The molecule has 0 saturated heterocycles. The molecular weight excluding hydrogens is 793 g/mol. The van der Waals surface area contributed by atoms with Gasteiger partial charge in [0.25, 0.3) is 0 Å². The fourth-order valence-corrected chi connectivity index (χ4v) is 9.48. The average molecular weight is 835 g/mol. The molecule has 2 heterocycles. The minimum atomic E-state index is 0.788. The number of furan rings is 1. The van der Waals surface area contributed by atoms with Crippen molar-refractivity contribution in [3.05, 3.63) is 255 Å². The van der Waals surface area contributed by atoms with Crippen LogP contribution in [0.3, 0.4) is 0 Å².